The first kappa shape index (κ1) is 30.0. The van der Waals surface area contributed by atoms with Gasteiger partial charge in [-0.25, -0.2) is 13.2 Å². The molecule has 0 spiro atoms. The Hall–Kier alpha value is -4.00. The third kappa shape index (κ3) is 7.60. The highest BCUT2D eigenvalue weighted by Crippen LogP contribution is 2.48. The van der Waals surface area contributed by atoms with Crippen molar-refractivity contribution in [1.29, 1.82) is 0 Å². The van der Waals surface area contributed by atoms with Gasteiger partial charge in [0.15, 0.2) is 0 Å². The number of aromatic hydroxyl groups is 1. The van der Waals surface area contributed by atoms with Crippen molar-refractivity contribution in [2.75, 3.05) is 4.72 Å². The van der Waals surface area contributed by atoms with E-state index in [1.807, 2.05) is 0 Å². The lowest BCUT2D eigenvalue weighted by Gasteiger charge is -2.19. The number of ketones is 1. The van der Waals surface area contributed by atoms with Crippen LogP contribution in [-0.4, -0.2) is 42.5 Å². The number of carboxylic acid groups (broad SMARTS) is 1. The van der Waals surface area contributed by atoms with Crippen LogP contribution in [0.15, 0.2) is 74.8 Å². The molecule has 7 N–H and O–H groups in total. The van der Waals surface area contributed by atoms with Gasteiger partial charge in [-0.1, -0.05) is 30.3 Å². The van der Waals surface area contributed by atoms with E-state index in [0.717, 1.165) is 12.8 Å². The van der Waals surface area contributed by atoms with E-state index < -0.39 is 39.6 Å². The summed E-state index contributed by atoms with van der Waals surface area (Å²) in [5.41, 5.74) is 11.7. The van der Waals surface area contributed by atoms with Crippen LogP contribution in [0.5, 0.6) is 5.75 Å². The molecular weight excluding hydrogens is 550 g/mol. The van der Waals surface area contributed by atoms with Crippen LogP contribution >= 0.6 is 0 Å². The highest BCUT2D eigenvalue weighted by atomic mass is 32.2. The van der Waals surface area contributed by atoms with Crippen molar-refractivity contribution in [3.63, 3.8) is 0 Å². The first-order valence-corrected chi connectivity index (χ1v) is 14.7. The summed E-state index contributed by atoms with van der Waals surface area (Å²) < 4.78 is 33.7. The Morgan fingerprint density at radius 1 is 1.00 bits per heavy atom. The predicted octanol–water partition coefficient (Wildman–Crippen LogP) is 2.71. The maximum absolute atomic E-state index is 13.1. The number of carbonyl (C=O) groups excluding carboxylic acids is 1. The molecule has 3 aromatic rings. The van der Waals surface area contributed by atoms with Crippen molar-refractivity contribution < 1.29 is 32.6 Å². The van der Waals surface area contributed by atoms with E-state index in [4.69, 9.17) is 21.0 Å². The standard InChI is InChI=1S/C29H33N3O8S/c30-22(24(33)14-13-23(31)28(35)36)12-11-20-16-25(34)27(29(37)40-20)26(17-9-10-17)18-5-4-6-19(15-18)32-41(38,39)21-7-2-1-3-8-21/h1-8,15-17,22-23,26,32,34H,9-14,30-31H2,(H,35,36)/t22?,23-,26?/m0/s1. The monoisotopic (exact) mass is 583 g/mol. The lowest BCUT2D eigenvalue weighted by Crippen LogP contribution is -2.35. The molecule has 0 radical (unpaired) electrons. The van der Waals surface area contributed by atoms with Crippen molar-refractivity contribution in [2.45, 2.75) is 61.4 Å². The molecule has 0 bridgehead atoms. The SMILES string of the molecule is NC(CCc1cc(O)c(C(c2cccc(NS(=O)(=O)c3ccccc3)c2)C2CC2)c(=O)o1)C(=O)CC[C@H](N)C(=O)O. The first-order valence-electron chi connectivity index (χ1n) is 13.3. The van der Waals surface area contributed by atoms with Crippen molar-refractivity contribution in [3.8, 4) is 5.75 Å². The summed E-state index contributed by atoms with van der Waals surface area (Å²) in [6.45, 7) is 0. The quantitative estimate of drug-likeness (QED) is 0.188. The molecule has 3 atom stereocenters. The number of sulfonamides is 1. The zero-order valence-electron chi connectivity index (χ0n) is 22.2. The van der Waals surface area contributed by atoms with Crippen molar-refractivity contribution >= 4 is 27.5 Å². The van der Waals surface area contributed by atoms with E-state index >= 15 is 0 Å². The molecule has 4 rings (SSSR count). The minimum atomic E-state index is -3.82. The summed E-state index contributed by atoms with van der Waals surface area (Å²) in [4.78, 5) is 36.3. The number of hydrogen-bond donors (Lipinski definition) is 5. The maximum atomic E-state index is 13.1. The molecule has 1 saturated carbocycles. The number of rotatable bonds is 14. The maximum Gasteiger partial charge on any atom is 0.343 e. The Morgan fingerprint density at radius 3 is 2.34 bits per heavy atom. The normalized spacial score (nSPS) is 15.6. The number of benzene rings is 2. The molecule has 2 aromatic carbocycles. The fourth-order valence-electron chi connectivity index (χ4n) is 4.73. The number of anilines is 1. The number of Topliss-reactive ketones (excluding diaryl/α,β-unsaturated/α-hetero) is 1. The second-order valence-electron chi connectivity index (χ2n) is 10.3. The molecule has 218 valence electrons. The van der Waals surface area contributed by atoms with Crippen LogP contribution in [0.4, 0.5) is 5.69 Å². The number of hydrogen-bond acceptors (Lipinski definition) is 9. The largest absolute Gasteiger partial charge is 0.507 e. The minimum Gasteiger partial charge on any atom is -0.507 e. The van der Waals surface area contributed by atoms with Gasteiger partial charge >= 0.3 is 11.6 Å². The van der Waals surface area contributed by atoms with E-state index in [0.29, 0.717) is 11.3 Å². The Morgan fingerprint density at radius 2 is 1.71 bits per heavy atom. The number of carbonyl (C=O) groups is 2. The third-order valence-corrected chi connectivity index (χ3v) is 8.50. The molecule has 1 heterocycles. The number of aryl methyl sites for hydroxylation is 1. The molecule has 1 fully saturated rings. The fraction of sp³-hybridized carbons (Fsp3) is 0.345. The second kappa shape index (κ2) is 12.7. The Kier molecular flexibility index (Phi) is 9.26. The Labute approximate surface area is 237 Å². The smallest absolute Gasteiger partial charge is 0.343 e. The summed E-state index contributed by atoms with van der Waals surface area (Å²) in [6.07, 6.45) is 1.75. The fourth-order valence-corrected chi connectivity index (χ4v) is 5.80. The summed E-state index contributed by atoms with van der Waals surface area (Å²) in [5, 5.41) is 19.8. The molecule has 1 aliphatic carbocycles. The van der Waals surface area contributed by atoms with E-state index in [9.17, 15) is 27.9 Å². The lowest BCUT2D eigenvalue weighted by molar-refractivity contribution is -0.138. The third-order valence-electron chi connectivity index (χ3n) is 7.11. The molecule has 12 heteroatoms. The van der Waals surface area contributed by atoms with Gasteiger partial charge in [-0.2, -0.15) is 0 Å². The van der Waals surface area contributed by atoms with Gasteiger partial charge < -0.3 is 26.1 Å². The molecule has 1 aromatic heterocycles. The topological polar surface area (TPSA) is 203 Å². The van der Waals surface area contributed by atoms with Crippen LogP contribution in [0.1, 0.15) is 54.9 Å². The van der Waals surface area contributed by atoms with Gasteiger partial charge in [-0.3, -0.25) is 14.3 Å². The average Bonchev–Trinajstić information content (AvgIpc) is 3.77. The molecular formula is C29H33N3O8S. The van der Waals surface area contributed by atoms with Crippen molar-refractivity contribution in [3.05, 3.63) is 88.0 Å². The van der Waals surface area contributed by atoms with Gasteiger partial charge in [0.1, 0.15) is 23.3 Å². The number of nitrogens with one attached hydrogen (secondary N) is 1. The summed E-state index contributed by atoms with van der Waals surface area (Å²) in [5.74, 6) is -2.10. The molecule has 2 unspecified atom stereocenters. The molecule has 41 heavy (non-hydrogen) atoms. The van der Waals surface area contributed by atoms with E-state index in [-0.39, 0.29) is 59.4 Å². The summed E-state index contributed by atoms with van der Waals surface area (Å²) >= 11 is 0. The molecule has 0 amide bonds. The Bertz CT molecular complexity index is 1570. The van der Waals surface area contributed by atoms with E-state index in [1.165, 1.54) is 18.2 Å². The number of carboxylic acids is 1. The van der Waals surface area contributed by atoms with Crippen molar-refractivity contribution in [1.82, 2.24) is 0 Å². The van der Waals surface area contributed by atoms with Crippen molar-refractivity contribution in [2.24, 2.45) is 17.4 Å². The second-order valence-corrected chi connectivity index (χ2v) is 11.9. The lowest BCUT2D eigenvalue weighted by atomic mass is 9.87. The number of nitrogens with two attached hydrogens (primary N) is 2. The van der Waals surface area contributed by atoms with Crippen LogP contribution in [-0.2, 0) is 26.0 Å². The van der Waals surface area contributed by atoms with Crippen LogP contribution in [0, 0.1) is 5.92 Å². The predicted molar refractivity (Wildman–Crippen MR) is 151 cm³/mol. The summed E-state index contributed by atoms with van der Waals surface area (Å²) in [6, 6.07) is 13.9. The molecule has 1 aliphatic rings. The van der Waals surface area contributed by atoms with Gasteiger partial charge in [0.05, 0.1) is 16.5 Å². The van der Waals surface area contributed by atoms with E-state index in [2.05, 4.69) is 4.72 Å². The Balaban J connectivity index is 1.50. The van der Waals surface area contributed by atoms with Gasteiger partial charge in [-0.15, -0.1) is 0 Å². The van der Waals surface area contributed by atoms with Crippen LogP contribution in [0.3, 0.4) is 0 Å². The zero-order chi connectivity index (χ0) is 29.7. The molecule has 0 saturated heterocycles. The highest BCUT2D eigenvalue weighted by Gasteiger charge is 2.37. The minimum absolute atomic E-state index is 0.0378. The zero-order valence-corrected chi connectivity index (χ0v) is 23.0. The van der Waals surface area contributed by atoms with Gasteiger partial charge in [0, 0.05) is 30.5 Å². The van der Waals surface area contributed by atoms with Crippen LogP contribution in [0.25, 0.3) is 0 Å². The van der Waals surface area contributed by atoms with E-state index in [1.54, 1.807) is 42.5 Å². The average molecular weight is 584 g/mol. The number of aliphatic carboxylic acids is 1. The first-order chi connectivity index (χ1) is 19.5. The highest BCUT2D eigenvalue weighted by molar-refractivity contribution is 7.92. The summed E-state index contributed by atoms with van der Waals surface area (Å²) in [7, 11) is -3.82. The van der Waals surface area contributed by atoms with Crippen LogP contribution in [0.2, 0.25) is 0 Å². The van der Waals surface area contributed by atoms with Gasteiger partial charge in [0.2, 0.25) is 0 Å². The molecule has 11 nitrogen and oxygen atoms in total. The van der Waals surface area contributed by atoms with Crippen LogP contribution < -0.4 is 21.8 Å². The molecule has 0 aliphatic heterocycles. The van der Waals surface area contributed by atoms with Gasteiger partial charge in [-0.05, 0) is 61.4 Å². The van der Waals surface area contributed by atoms with Gasteiger partial charge in [0.25, 0.3) is 10.0 Å².